The van der Waals surface area contributed by atoms with E-state index in [0.717, 1.165) is 11.6 Å². The molecular formula is C42H21F3N6. The third-order valence-electron chi connectivity index (χ3n) is 9.28. The van der Waals surface area contributed by atoms with E-state index in [9.17, 15) is 21.0 Å². The van der Waals surface area contributed by atoms with E-state index in [1.807, 2.05) is 19.1 Å². The van der Waals surface area contributed by atoms with E-state index in [-0.39, 0.29) is 11.4 Å². The standard InChI is InChI=1S/C42H21F3N6/c1-24-5-9-36-31(13-24)32-15-26(21-47)8-12-39(32)51(36)41-18-30(29-4-2-3-25(14-29)20-46)40(19-35(41)42(43,44)45)50-37-10-6-27(22-48)16-33(37)34-17-28(23-49)7-11-38(34)50/h2-19H,1H3. The smallest absolute Gasteiger partial charge is 0.309 e. The number of alkyl halides is 3. The van der Waals surface area contributed by atoms with E-state index in [1.165, 1.54) is 6.07 Å². The Bertz CT molecular complexity index is 2900. The Morgan fingerprint density at radius 2 is 0.941 bits per heavy atom. The highest BCUT2D eigenvalue weighted by molar-refractivity contribution is 6.12. The Hall–Kier alpha value is -7.33. The third kappa shape index (κ3) is 4.85. The van der Waals surface area contributed by atoms with Gasteiger partial charge in [-0.1, -0.05) is 23.8 Å². The van der Waals surface area contributed by atoms with E-state index in [4.69, 9.17) is 0 Å². The average molecular weight is 667 g/mol. The van der Waals surface area contributed by atoms with Gasteiger partial charge in [0.05, 0.1) is 85.5 Å². The van der Waals surface area contributed by atoms with Gasteiger partial charge in [-0.2, -0.15) is 34.2 Å². The Balaban J connectivity index is 1.57. The van der Waals surface area contributed by atoms with Crippen LogP contribution in [0.2, 0.25) is 0 Å². The number of nitriles is 4. The predicted molar refractivity (Wildman–Crippen MR) is 189 cm³/mol. The molecule has 6 nitrogen and oxygen atoms in total. The summed E-state index contributed by atoms with van der Waals surface area (Å²) in [6, 6.07) is 38.3. The second-order valence-corrected chi connectivity index (χ2v) is 12.3. The van der Waals surface area contributed by atoms with Crippen molar-refractivity contribution in [3.63, 3.8) is 0 Å². The molecule has 0 atom stereocenters. The Morgan fingerprint density at radius 1 is 0.490 bits per heavy atom. The molecule has 2 heterocycles. The number of benzene rings is 6. The summed E-state index contributed by atoms with van der Waals surface area (Å²) in [5, 5.41) is 41.4. The lowest BCUT2D eigenvalue weighted by Gasteiger charge is -2.22. The van der Waals surface area contributed by atoms with Crippen molar-refractivity contribution >= 4 is 43.6 Å². The summed E-state index contributed by atoms with van der Waals surface area (Å²) in [5.74, 6) is 0. The van der Waals surface area contributed by atoms with Gasteiger partial charge in [-0.25, -0.2) is 0 Å². The van der Waals surface area contributed by atoms with Crippen molar-refractivity contribution in [1.82, 2.24) is 9.13 Å². The number of aromatic nitrogens is 2. The van der Waals surface area contributed by atoms with Crippen LogP contribution in [-0.2, 0) is 6.18 Å². The van der Waals surface area contributed by atoms with Crippen LogP contribution in [0.3, 0.4) is 0 Å². The van der Waals surface area contributed by atoms with Gasteiger partial charge in [0.2, 0.25) is 0 Å². The zero-order chi connectivity index (χ0) is 35.6. The maximum absolute atomic E-state index is 15.5. The Labute approximate surface area is 288 Å². The number of halogens is 3. The molecule has 2 aromatic heterocycles. The molecule has 0 aliphatic heterocycles. The Kier molecular flexibility index (Phi) is 6.91. The maximum Gasteiger partial charge on any atom is 0.418 e. The first kappa shape index (κ1) is 31.0. The van der Waals surface area contributed by atoms with E-state index in [2.05, 4.69) is 24.3 Å². The molecular weight excluding hydrogens is 645 g/mol. The molecule has 240 valence electrons. The first-order valence-electron chi connectivity index (χ1n) is 15.7. The third-order valence-corrected chi connectivity index (χ3v) is 9.28. The summed E-state index contributed by atoms with van der Waals surface area (Å²) in [6.45, 7) is 1.90. The molecule has 9 heteroatoms. The highest BCUT2D eigenvalue weighted by atomic mass is 19.4. The van der Waals surface area contributed by atoms with Gasteiger partial charge in [0.15, 0.2) is 0 Å². The molecule has 0 aliphatic carbocycles. The fourth-order valence-electron chi connectivity index (χ4n) is 7.05. The summed E-state index contributed by atoms with van der Waals surface area (Å²) in [7, 11) is 0. The molecule has 8 aromatic rings. The lowest BCUT2D eigenvalue weighted by molar-refractivity contribution is -0.137. The van der Waals surface area contributed by atoms with Crippen molar-refractivity contribution in [3.8, 4) is 46.8 Å². The van der Waals surface area contributed by atoms with Crippen LogP contribution >= 0.6 is 0 Å². The number of nitrogens with zero attached hydrogens (tertiary/aromatic N) is 6. The quantitative estimate of drug-likeness (QED) is 0.187. The molecule has 0 saturated carbocycles. The molecule has 51 heavy (non-hydrogen) atoms. The van der Waals surface area contributed by atoms with E-state index < -0.39 is 11.7 Å². The molecule has 0 radical (unpaired) electrons. The summed E-state index contributed by atoms with van der Waals surface area (Å²) < 4.78 is 49.9. The van der Waals surface area contributed by atoms with Crippen LogP contribution in [0.4, 0.5) is 13.2 Å². The second-order valence-electron chi connectivity index (χ2n) is 12.3. The largest absolute Gasteiger partial charge is 0.418 e. The van der Waals surface area contributed by atoms with Gasteiger partial charge in [-0.05, 0) is 103 Å². The van der Waals surface area contributed by atoms with Crippen LogP contribution in [0.1, 0.15) is 33.4 Å². The molecule has 0 N–H and O–H groups in total. The van der Waals surface area contributed by atoms with Crippen molar-refractivity contribution in [3.05, 3.63) is 143 Å². The van der Waals surface area contributed by atoms with Crippen molar-refractivity contribution in [2.24, 2.45) is 0 Å². The summed E-state index contributed by atoms with van der Waals surface area (Å²) in [4.78, 5) is 0. The first-order chi connectivity index (χ1) is 24.6. The zero-order valence-electron chi connectivity index (χ0n) is 26.7. The molecule has 0 amide bonds. The van der Waals surface area contributed by atoms with Crippen LogP contribution in [-0.4, -0.2) is 9.13 Å². The van der Waals surface area contributed by atoms with Crippen LogP contribution in [0.25, 0.3) is 66.1 Å². The predicted octanol–water partition coefficient (Wildman–Crippen LogP) is 10.4. The van der Waals surface area contributed by atoms with Gasteiger partial charge in [0.25, 0.3) is 0 Å². The van der Waals surface area contributed by atoms with E-state index >= 15 is 13.2 Å². The first-order valence-corrected chi connectivity index (χ1v) is 15.7. The molecule has 0 spiro atoms. The molecule has 0 bridgehead atoms. The normalized spacial score (nSPS) is 11.5. The van der Waals surface area contributed by atoms with E-state index in [0.29, 0.717) is 77.0 Å². The monoisotopic (exact) mass is 666 g/mol. The van der Waals surface area contributed by atoms with Crippen molar-refractivity contribution in [1.29, 1.82) is 21.0 Å². The number of aryl methyl sites for hydroxylation is 1. The van der Waals surface area contributed by atoms with Crippen LogP contribution in [0, 0.1) is 52.2 Å². The van der Waals surface area contributed by atoms with E-state index in [1.54, 1.807) is 94.1 Å². The fraction of sp³-hybridized carbons (Fsp3) is 0.0476. The van der Waals surface area contributed by atoms with Crippen LogP contribution < -0.4 is 0 Å². The highest BCUT2D eigenvalue weighted by Crippen LogP contribution is 2.45. The van der Waals surface area contributed by atoms with Crippen LogP contribution in [0.15, 0.2) is 109 Å². The van der Waals surface area contributed by atoms with Crippen molar-refractivity contribution < 1.29 is 13.2 Å². The lowest BCUT2D eigenvalue weighted by Crippen LogP contribution is -2.13. The number of hydrogen-bond acceptors (Lipinski definition) is 4. The lowest BCUT2D eigenvalue weighted by atomic mass is 9.97. The van der Waals surface area contributed by atoms with Crippen molar-refractivity contribution in [2.75, 3.05) is 0 Å². The fourth-order valence-corrected chi connectivity index (χ4v) is 7.05. The molecule has 0 saturated heterocycles. The van der Waals surface area contributed by atoms with Crippen molar-refractivity contribution in [2.45, 2.75) is 13.1 Å². The SMILES string of the molecule is Cc1ccc2c(c1)c1cc(C#N)ccc1n2-c1cc(-c2cccc(C#N)c2)c(-n2c3ccc(C#N)cc3c3cc(C#N)ccc32)cc1C(F)(F)F. The number of hydrogen-bond donors (Lipinski definition) is 0. The topological polar surface area (TPSA) is 105 Å². The average Bonchev–Trinajstić information content (AvgIpc) is 3.64. The Morgan fingerprint density at radius 3 is 1.43 bits per heavy atom. The summed E-state index contributed by atoms with van der Waals surface area (Å²) >= 11 is 0. The highest BCUT2D eigenvalue weighted by Gasteiger charge is 2.37. The number of fused-ring (bicyclic) bond motifs is 6. The molecule has 0 fully saturated rings. The van der Waals surface area contributed by atoms with Gasteiger partial charge in [0, 0.05) is 27.1 Å². The summed E-state index contributed by atoms with van der Waals surface area (Å²) in [5.41, 5.74) is 4.53. The van der Waals surface area contributed by atoms with Gasteiger partial charge in [-0.3, -0.25) is 0 Å². The van der Waals surface area contributed by atoms with Gasteiger partial charge >= 0.3 is 6.18 Å². The number of rotatable bonds is 3. The molecule has 6 aromatic carbocycles. The summed E-state index contributed by atoms with van der Waals surface area (Å²) in [6.07, 6.45) is -4.82. The van der Waals surface area contributed by atoms with Gasteiger partial charge < -0.3 is 9.13 Å². The maximum atomic E-state index is 15.5. The minimum absolute atomic E-state index is 0.128. The second kappa shape index (κ2) is 11.4. The zero-order valence-corrected chi connectivity index (χ0v) is 26.7. The molecule has 0 unspecified atom stereocenters. The minimum atomic E-state index is -4.82. The molecule has 8 rings (SSSR count). The van der Waals surface area contributed by atoms with Crippen LogP contribution in [0.5, 0.6) is 0 Å². The van der Waals surface area contributed by atoms with Gasteiger partial charge in [0.1, 0.15) is 0 Å². The minimum Gasteiger partial charge on any atom is -0.309 e. The van der Waals surface area contributed by atoms with Gasteiger partial charge in [-0.15, -0.1) is 0 Å². The molecule has 0 aliphatic rings.